The van der Waals surface area contributed by atoms with Crippen LogP contribution in [-0.4, -0.2) is 62.1 Å². The monoisotopic (exact) mass is 322 g/mol. The first-order valence-corrected chi connectivity index (χ1v) is 8.86. The van der Waals surface area contributed by atoms with Gasteiger partial charge in [0, 0.05) is 31.1 Å². The Kier molecular flexibility index (Phi) is 4.57. The molecule has 4 nitrogen and oxygen atoms in total. The zero-order chi connectivity index (χ0) is 15.9. The van der Waals surface area contributed by atoms with E-state index in [0.29, 0.717) is 17.9 Å². The molecule has 0 spiro atoms. The Balaban J connectivity index is 1.70. The molecule has 122 valence electrons. The van der Waals surface area contributed by atoms with Crippen LogP contribution in [0.5, 0.6) is 0 Å². The lowest BCUT2D eigenvalue weighted by molar-refractivity contribution is -0.0209. The number of hydrogen-bond acceptors (Lipinski definition) is 4. The molecule has 4 atom stereocenters. The van der Waals surface area contributed by atoms with Crippen molar-refractivity contribution < 1.29 is 9.53 Å². The second-order valence-corrected chi connectivity index (χ2v) is 8.21. The van der Waals surface area contributed by atoms with Crippen molar-refractivity contribution in [3.8, 4) is 0 Å². The molecule has 1 aromatic rings. The van der Waals surface area contributed by atoms with E-state index in [0.717, 1.165) is 30.8 Å². The number of fused-ring (bicyclic) bond motifs is 1. The molecule has 1 aromatic heterocycles. The zero-order valence-electron chi connectivity index (χ0n) is 13.9. The summed E-state index contributed by atoms with van der Waals surface area (Å²) in [4.78, 5) is 19.1. The number of aryl methyl sites for hydroxylation is 1. The Morgan fingerprint density at radius 1 is 1.27 bits per heavy atom. The Bertz CT molecular complexity index is 543. The van der Waals surface area contributed by atoms with Crippen molar-refractivity contribution in [2.24, 2.45) is 11.8 Å². The van der Waals surface area contributed by atoms with Gasteiger partial charge >= 0.3 is 0 Å². The first-order chi connectivity index (χ1) is 10.5. The summed E-state index contributed by atoms with van der Waals surface area (Å²) >= 11 is 1.60. The van der Waals surface area contributed by atoms with E-state index in [1.807, 2.05) is 19.2 Å². The number of methoxy groups -OCH3 is 1. The van der Waals surface area contributed by atoms with E-state index in [2.05, 4.69) is 30.8 Å². The zero-order valence-corrected chi connectivity index (χ0v) is 14.7. The standard InChI is InChI=1S/C17H26N2O2S/c1-11-5-6-16(22-11)17(20)19-9-12-7-14(18(2)3)15(21-4)8-13(12)10-19/h5-6,12-15H,7-10H2,1-4H3/t12-,13+,14-,15-/m1/s1. The number of carbonyl (C=O) groups is 1. The molecule has 5 heteroatoms. The summed E-state index contributed by atoms with van der Waals surface area (Å²) < 4.78 is 5.71. The summed E-state index contributed by atoms with van der Waals surface area (Å²) in [6.07, 6.45) is 2.48. The molecule has 1 saturated carbocycles. The molecule has 1 saturated heterocycles. The highest BCUT2D eigenvalue weighted by Crippen LogP contribution is 2.39. The second-order valence-electron chi connectivity index (χ2n) is 6.92. The fourth-order valence-corrected chi connectivity index (χ4v) is 4.89. The smallest absolute Gasteiger partial charge is 0.263 e. The van der Waals surface area contributed by atoms with Gasteiger partial charge in [0.1, 0.15) is 0 Å². The fourth-order valence-electron chi connectivity index (χ4n) is 4.06. The largest absolute Gasteiger partial charge is 0.380 e. The molecule has 1 aliphatic carbocycles. The number of likely N-dealkylation sites (N-methyl/N-ethyl adjacent to an activating group) is 1. The molecule has 0 radical (unpaired) electrons. The van der Waals surface area contributed by atoms with Gasteiger partial charge in [0.25, 0.3) is 5.91 Å². The maximum absolute atomic E-state index is 12.7. The van der Waals surface area contributed by atoms with E-state index in [4.69, 9.17) is 4.74 Å². The molecule has 1 amide bonds. The third-order valence-electron chi connectivity index (χ3n) is 5.29. The van der Waals surface area contributed by atoms with Crippen LogP contribution in [0.25, 0.3) is 0 Å². The molecular weight excluding hydrogens is 296 g/mol. The molecule has 2 fully saturated rings. The fraction of sp³-hybridized carbons (Fsp3) is 0.706. The predicted molar refractivity (Wildman–Crippen MR) is 89.4 cm³/mol. The van der Waals surface area contributed by atoms with Gasteiger partial charge in [0.05, 0.1) is 11.0 Å². The van der Waals surface area contributed by atoms with E-state index in [1.54, 1.807) is 11.3 Å². The maximum atomic E-state index is 12.7. The molecule has 22 heavy (non-hydrogen) atoms. The molecule has 1 aliphatic heterocycles. The number of carbonyl (C=O) groups excluding carboxylic acids is 1. The van der Waals surface area contributed by atoms with Crippen LogP contribution in [0, 0.1) is 18.8 Å². The van der Waals surface area contributed by atoms with E-state index in [9.17, 15) is 4.79 Å². The van der Waals surface area contributed by atoms with Crippen molar-refractivity contribution in [3.05, 3.63) is 21.9 Å². The lowest BCUT2D eigenvalue weighted by Crippen LogP contribution is -2.47. The SMILES string of the molecule is CO[C@@H]1C[C@H]2CN(C(=O)c3ccc(C)s3)C[C@H]2C[C@H]1N(C)C. The first-order valence-electron chi connectivity index (χ1n) is 8.04. The molecule has 0 aromatic carbocycles. The van der Waals surface area contributed by atoms with Gasteiger partial charge in [-0.2, -0.15) is 0 Å². The third-order valence-corrected chi connectivity index (χ3v) is 6.28. The number of ether oxygens (including phenoxy) is 1. The minimum atomic E-state index is 0.211. The number of hydrogen-bond donors (Lipinski definition) is 0. The van der Waals surface area contributed by atoms with Crippen LogP contribution in [0.2, 0.25) is 0 Å². The highest BCUT2D eigenvalue weighted by atomic mass is 32.1. The molecule has 0 bridgehead atoms. The normalized spacial score (nSPS) is 31.6. The lowest BCUT2D eigenvalue weighted by Gasteiger charge is -2.40. The average Bonchev–Trinajstić information content (AvgIpc) is 3.10. The third kappa shape index (κ3) is 2.94. The van der Waals surface area contributed by atoms with Gasteiger partial charge in [0.2, 0.25) is 0 Å². The van der Waals surface area contributed by atoms with E-state index in [1.165, 1.54) is 4.88 Å². The molecule has 2 aliphatic rings. The highest BCUT2D eigenvalue weighted by molar-refractivity contribution is 7.13. The van der Waals surface area contributed by atoms with Crippen LogP contribution >= 0.6 is 11.3 Å². The molecule has 3 rings (SSSR count). The first kappa shape index (κ1) is 16.0. The van der Waals surface area contributed by atoms with Crippen LogP contribution in [0.15, 0.2) is 12.1 Å². The summed E-state index contributed by atoms with van der Waals surface area (Å²) in [5, 5.41) is 0. The van der Waals surface area contributed by atoms with Crippen LogP contribution in [0.3, 0.4) is 0 Å². The van der Waals surface area contributed by atoms with Gasteiger partial charge in [-0.25, -0.2) is 0 Å². The Morgan fingerprint density at radius 3 is 2.50 bits per heavy atom. The van der Waals surface area contributed by atoms with Gasteiger partial charge in [0.15, 0.2) is 0 Å². The average molecular weight is 322 g/mol. The number of nitrogens with zero attached hydrogens (tertiary/aromatic N) is 2. The van der Waals surface area contributed by atoms with Crippen molar-refractivity contribution in [2.75, 3.05) is 34.3 Å². The van der Waals surface area contributed by atoms with Crippen molar-refractivity contribution >= 4 is 17.2 Å². The van der Waals surface area contributed by atoms with Gasteiger partial charge in [-0.05, 0) is 57.8 Å². The number of amides is 1. The van der Waals surface area contributed by atoms with Crippen molar-refractivity contribution in [1.82, 2.24) is 9.80 Å². The van der Waals surface area contributed by atoms with Gasteiger partial charge in [-0.15, -0.1) is 11.3 Å². The summed E-state index contributed by atoms with van der Waals surface area (Å²) in [5.41, 5.74) is 0. The summed E-state index contributed by atoms with van der Waals surface area (Å²) in [6, 6.07) is 4.46. The molecule has 2 heterocycles. The van der Waals surface area contributed by atoms with Crippen molar-refractivity contribution in [2.45, 2.75) is 31.9 Å². The Labute approximate surface area is 137 Å². The van der Waals surface area contributed by atoms with Crippen molar-refractivity contribution in [3.63, 3.8) is 0 Å². The predicted octanol–water partition coefficient (Wildman–Crippen LogP) is 2.48. The van der Waals surface area contributed by atoms with E-state index < -0.39 is 0 Å². The van der Waals surface area contributed by atoms with Crippen LogP contribution in [-0.2, 0) is 4.74 Å². The summed E-state index contributed by atoms with van der Waals surface area (Å²) in [5.74, 6) is 1.41. The van der Waals surface area contributed by atoms with Crippen LogP contribution in [0.1, 0.15) is 27.4 Å². The molecule has 0 unspecified atom stereocenters. The van der Waals surface area contributed by atoms with Crippen LogP contribution < -0.4 is 0 Å². The number of likely N-dealkylation sites (tertiary alicyclic amines) is 1. The maximum Gasteiger partial charge on any atom is 0.263 e. The Morgan fingerprint density at radius 2 is 1.95 bits per heavy atom. The Hall–Kier alpha value is -0.910. The van der Waals surface area contributed by atoms with Gasteiger partial charge in [-0.3, -0.25) is 4.79 Å². The summed E-state index contributed by atoms with van der Waals surface area (Å²) in [7, 11) is 6.07. The topological polar surface area (TPSA) is 32.8 Å². The van der Waals surface area contributed by atoms with Crippen LogP contribution in [0.4, 0.5) is 0 Å². The molecule has 0 N–H and O–H groups in total. The summed E-state index contributed by atoms with van der Waals surface area (Å²) in [6.45, 7) is 3.84. The van der Waals surface area contributed by atoms with E-state index in [-0.39, 0.29) is 12.0 Å². The molecular formula is C17H26N2O2S. The highest BCUT2D eigenvalue weighted by Gasteiger charge is 2.44. The minimum absolute atomic E-state index is 0.211. The minimum Gasteiger partial charge on any atom is -0.380 e. The van der Waals surface area contributed by atoms with E-state index >= 15 is 0 Å². The van der Waals surface area contributed by atoms with Crippen molar-refractivity contribution in [1.29, 1.82) is 0 Å². The second kappa shape index (κ2) is 6.30. The van der Waals surface area contributed by atoms with Gasteiger partial charge in [-0.1, -0.05) is 0 Å². The number of thiophene rings is 1. The van der Waals surface area contributed by atoms with Gasteiger partial charge < -0.3 is 14.5 Å². The number of rotatable bonds is 3. The quantitative estimate of drug-likeness (QED) is 0.857. The lowest BCUT2D eigenvalue weighted by atomic mass is 9.77.